The summed E-state index contributed by atoms with van der Waals surface area (Å²) < 4.78 is 0. The van der Waals surface area contributed by atoms with E-state index in [1.165, 1.54) is 38.5 Å². The minimum Gasteiger partial charge on any atom is -0.341 e. The minimum absolute atomic E-state index is 0.118. The second-order valence-electron chi connectivity index (χ2n) is 9.68. The predicted octanol–water partition coefficient (Wildman–Crippen LogP) is 4.54. The first-order valence-electron chi connectivity index (χ1n) is 10.4. The van der Waals surface area contributed by atoms with Gasteiger partial charge < -0.3 is 4.90 Å². The van der Waals surface area contributed by atoms with E-state index in [4.69, 9.17) is 0 Å². The van der Waals surface area contributed by atoms with Gasteiger partial charge in [-0.15, -0.1) is 0 Å². The fourth-order valence-corrected chi connectivity index (χ4v) is 6.64. The summed E-state index contributed by atoms with van der Waals surface area (Å²) in [6.45, 7) is 4.85. The number of benzene rings is 1. The van der Waals surface area contributed by atoms with E-state index in [1.54, 1.807) is 0 Å². The van der Waals surface area contributed by atoms with E-state index in [9.17, 15) is 4.79 Å². The molecule has 6 rings (SSSR count). The van der Waals surface area contributed by atoms with Crippen molar-refractivity contribution >= 4 is 16.9 Å². The maximum Gasteiger partial charge on any atom is 0.253 e. The Morgan fingerprint density at radius 2 is 1.56 bits per heavy atom. The second kappa shape index (κ2) is 6.02. The van der Waals surface area contributed by atoms with Gasteiger partial charge in [-0.1, -0.05) is 0 Å². The number of amides is 1. The fraction of sp³-hybridized carbons (Fsp3) is 0.609. The van der Waals surface area contributed by atoms with Gasteiger partial charge in [-0.3, -0.25) is 4.79 Å². The van der Waals surface area contributed by atoms with Gasteiger partial charge in [0.25, 0.3) is 5.91 Å². The molecule has 0 aliphatic heterocycles. The van der Waals surface area contributed by atoms with E-state index >= 15 is 0 Å². The number of hydrogen-bond donors (Lipinski definition) is 0. The molecule has 4 heteroatoms. The molecule has 0 saturated heterocycles. The van der Waals surface area contributed by atoms with Gasteiger partial charge in [0, 0.05) is 19.2 Å². The molecule has 2 aromatic rings. The number of hydrogen-bond acceptors (Lipinski definition) is 3. The molecule has 27 heavy (non-hydrogen) atoms. The normalized spacial score (nSPS) is 31.4. The number of rotatable bonds is 3. The molecule has 4 saturated carbocycles. The molecular weight excluding hydrogens is 334 g/mol. The van der Waals surface area contributed by atoms with Crippen LogP contribution in [-0.2, 0) is 0 Å². The zero-order valence-corrected chi connectivity index (χ0v) is 16.7. The van der Waals surface area contributed by atoms with E-state index in [0.29, 0.717) is 5.41 Å². The van der Waals surface area contributed by atoms with Crippen molar-refractivity contribution in [1.29, 1.82) is 0 Å². The average molecular weight is 364 g/mol. The largest absolute Gasteiger partial charge is 0.341 e. The van der Waals surface area contributed by atoms with Gasteiger partial charge in [0.1, 0.15) is 0 Å². The quantitative estimate of drug-likeness (QED) is 0.804. The zero-order chi connectivity index (χ0) is 18.8. The van der Waals surface area contributed by atoms with E-state index in [1.807, 2.05) is 44.0 Å². The van der Waals surface area contributed by atoms with E-state index < -0.39 is 0 Å². The smallest absolute Gasteiger partial charge is 0.253 e. The van der Waals surface area contributed by atoms with Crippen molar-refractivity contribution in [3.05, 3.63) is 35.2 Å². The van der Waals surface area contributed by atoms with Crippen molar-refractivity contribution in [3.63, 3.8) is 0 Å². The van der Waals surface area contributed by atoms with Crippen LogP contribution in [0.1, 0.15) is 60.3 Å². The lowest BCUT2D eigenvalue weighted by atomic mass is 9.49. The molecule has 142 valence electrons. The van der Waals surface area contributed by atoms with Crippen LogP contribution < -0.4 is 0 Å². The van der Waals surface area contributed by atoms with Gasteiger partial charge >= 0.3 is 0 Å². The highest BCUT2D eigenvalue weighted by Gasteiger charge is 2.51. The van der Waals surface area contributed by atoms with Crippen LogP contribution in [0.4, 0.5) is 0 Å². The van der Waals surface area contributed by atoms with Crippen LogP contribution in [0.15, 0.2) is 18.2 Å². The lowest BCUT2D eigenvalue weighted by Crippen LogP contribution is -2.51. The fourth-order valence-electron chi connectivity index (χ4n) is 6.64. The summed E-state index contributed by atoms with van der Waals surface area (Å²) in [5.74, 6) is 2.87. The maximum absolute atomic E-state index is 13.1. The molecule has 0 atom stereocenters. The Labute approximate surface area is 161 Å². The van der Waals surface area contributed by atoms with Crippen LogP contribution >= 0.6 is 0 Å². The molecule has 1 amide bonds. The molecule has 4 bridgehead atoms. The molecular formula is C23H29N3O. The Morgan fingerprint density at radius 3 is 2.15 bits per heavy atom. The van der Waals surface area contributed by atoms with E-state index in [2.05, 4.69) is 9.97 Å². The Bertz CT molecular complexity index is 884. The predicted molar refractivity (Wildman–Crippen MR) is 107 cm³/mol. The summed E-state index contributed by atoms with van der Waals surface area (Å²) in [7, 11) is 1.98. The number of aryl methyl sites for hydroxylation is 2. The van der Waals surface area contributed by atoms with Crippen LogP contribution in [0.2, 0.25) is 0 Å². The summed E-state index contributed by atoms with van der Waals surface area (Å²) in [5.41, 5.74) is 4.65. The van der Waals surface area contributed by atoms with Crippen LogP contribution in [0.25, 0.3) is 11.0 Å². The molecule has 0 N–H and O–H groups in total. The molecule has 4 fully saturated rings. The third-order valence-corrected chi connectivity index (χ3v) is 7.41. The van der Waals surface area contributed by atoms with Gasteiger partial charge in [0.05, 0.1) is 22.4 Å². The summed E-state index contributed by atoms with van der Waals surface area (Å²) >= 11 is 0. The monoisotopic (exact) mass is 363 g/mol. The molecule has 1 heterocycles. The lowest BCUT2D eigenvalue weighted by Gasteiger charge is -2.57. The maximum atomic E-state index is 13.1. The van der Waals surface area contributed by atoms with Gasteiger partial charge in [-0.25, -0.2) is 9.97 Å². The van der Waals surface area contributed by atoms with Gasteiger partial charge in [0.2, 0.25) is 0 Å². The molecule has 4 nitrogen and oxygen atoms in total. The summed E-state index contributed by atoms with van der Waals surface area (Å²) in [5, 5.41) is 0. The molecule has 1 aromatic heterocycles. The minimum atomic E-state index is 0.118. The number of nitrogens with zero attached hydrogens (tertiary/aromatic N) is 3. The molecule has 0 spiro atoms. The average Bonchev–Trinajstić information content (AvgIpc) is 2.60. The summed E-state index contributed by atoms with van der Waals surface area (Å²) in [6.07, 6.45) is 8.33. The second-order valence-corrected chi connectivity index (χ2v) is 9.68. The molecule has 0 radical (unpaired) electrons. The highest BCUT2D eigenvalue weighted by molar-refractivity contribution is 5.97. The topological polar surface area (TPSA) is 46.1 Å². The van der Waals surface area contributed by atoms with Gasteiger partial charge in [-0.05, 0) is 93.7 Å². The third-order valence-electron chi connectivity index (χ3n) is 7.41. The van der Waals surface area contributed by atoms with Crippen molar-refractivity contribution in [3.8, 4) is 0 Å². The highest BCUT2D eigenvalue weighted by atomic mass is 16.2. The Kier molecular flexibility index (Phi) is 3.82. The van der Waals surface area contributed by atoms with Crippen LogP contribution in [0, 0.1) is 37.0 Å². The number of carbonyl (C=O) groups is 1. The first-order chi connectivity index (χ1) is 12.9. The van der Waals surface area contributed by atoms with E-state index in [-0.39, 0.29) is 5.91 Å². The molecule has 0 unspecified atom stereocenters. The van der Waals surface area contributed by atoms with Crippen LogP contribution in [0.3, 0.4) is 0 Å². The molecule has 4 aliphatic rings. The number of carbonyl (C=O) groups excluding carboxylic acids is 1. The van der Waals surface area contributed by atoms with Crippen molar-refractivity contribution < 1.29 is 4.79 Å². The van der Waals surface area contributed by atoms with Crippen LogP contribution in [-0.4, -0.2) is 34.4 Å². The number of aromatic nitrogens is 2. The standard InChI is InChI=1S/C23H29N3O/c1-14-15(2)25-21-9-19(4-5-20(21)24-14)22(27)26(3)13-23-10-16-6-17(11-23)8-18(7-16)12-23/h4-5,9,16-18H,6-8,10-13H2,1-3H3. The van der Waals surface area contributed by atoms with E-state index in [0.717, 1.165) is 52.3 Å². The third kappa shape index (κ3) is 2.94. The van der Waals surface area contributed by atoms with Crippen molar-refractivity contribution in [2.75, 3.05) is 13.6 Å². The highest BCUT2D eigenvalue weighted by Crippen LogP contribution is 2.60. The SMILES string of the molecule is Cc1nc2ccc(C(=O)N(C)CC34CC5CC(CC(C5)C3)C4)cc2nc1C. The molecule has 1 aromatic carbocycles. The van der Waals surface area contributed by atoms with Gasteiger partial charge in [-0.2, -0.15) is 0 Å². The lowest BCUT2D eigenvalue weighted by molar-refractivity contribution is -0.0629. The first-order valence-corrected chi connectivity index (χ1v) is 10.4. The van der Waals surface area contributed by atoms with Gasteiger partial charge in [0.15, 0.2) is 0 Å². The Hall–Kier alpha value is -1.97. The van der Waals surface area contributed by atoms with Crippen molar-refractivity contribution in [2.24, 2.45) is 23.2 Å². The zero-order valence-electron chi connectivity index (χ0n) is 16.7. The number of fused-ring (bicyclic) bond motifs is 1. The Morgan fingerprint density at radius 1 is 1.00 bits per heavy atom. The summed E-state index contributed by atoms with van der Waals surface area (Å²) in [6, 6.07) is 5.75. The summed E-state index contributed by atoms with van der Waals surface area (Å²) in [4.78, 5) is 24.3. The molecule has 4 aliphatic carbocycles. The van der Waals surface area contributed by atoms with Crippen LogP contribution in [0.5, 0.6) is 0 Å². The van der Waals surface area contributed by atoms with Crippen molar-refractivity contribution in [2.45, 2.75) is 52.4 Å². The Balaban J connectivity index is 1.37. The van der Waals surface area contributed by atoms with Crippen molar-refractivity contribution in [1.82, 2.24) is 14.9 Å². The first kappa shape index (κ1) is 17.2.